The van der Waals surface area contributed by atoms with Crippen LogP contribution in [0.15, 0.2) is 16.7 Å². The van der Waals surface area contributed by atoms with Gasteiger partial charge in [0.05, 0.1) is 11.8 Å². The highest BCUT2D eigenvalue weighted by atomic mass is 35.5. The van der Waals surface area contributed by atoms with Crippen molar-refractivity contribution in [3.8, 4) is 0 Å². The minimum atomic E-state index is -0.0879. The molecule has 1 rings (SSSR count). The topological polar surface area (TPSA) is 42.2 Å². The Morgan fingerprint density at radius 2 is 2.25 bits per heavy atom. The maximum absolute atomic E-state index is 11.9. The summed E-state index contributed by atoms with van der Waals surface area (Å²) in [5, 5.41) is 2.98. The third-order valence-corrected chi connectivity index (χ3v) is 2.86. The Hall–Kier alpha value is -0.960. The SMILES string of the molecule is Cc1occc1C(=O)NC(CCCl)C(C)C. The summed E-state index contributed by atoms with van der Waals surface area (Å²) in [5.74, 6) is 1.48. The Balaban J connectivity index is 2.65. The van der Waals surface area contributed by atoms with E-state index in [1.54, 1.807) is 13.0 Å². The molecule has 16 heavy (non-hydrogen) atoms. The molecule has 1 atom stereocenters. The molecule has 4 heteroatoms. The van der Waals surface area contributed by atoms with Crippen molar-refractivity contribution in [2.75, 3.05) is 5.88 Å². The summed E-state index contributed by atoms with van der Waals surface area (Å²) in [5.41, 5.74) is 0.597. The number of nitrogens with one attached hydrogen (secondary N) is 1. The average Bonchev–Trinajstić information content (AvgIpc) is 2.63. The molecule has 1 amide bonds. The van der Waals surface area contributed by atoms with Gasteiger partial charge in [-0.1, -0.05) is 13.8 Å². The van der Waals surface area contributed by atoms with Crippen molar-refractivity contribution in [2.45, 2.75) is 33.2 Å². The molecule has 0 aliphatic carbocycles. The second kappa shape index (κ2) is 5.94. The first-order valence-corrected chi connectivity index (χ1v) is 6.00. The predicted molar refractivity (Wildman–Crippen MR) is 64.9 cm³/mol. The second-order valence-electron chi connectivity index (χ2n) is 4.19. The number of hydrogen-bond donors (Lipinski definition) is 1. The molecule has 0 spiro atoms. The zero-order valence-corrected chi connectivity index (χ0v) is 10.7. The van der Waals surface area contributed by atoms with Crippen molar-refractivity contribution in [1.29, 1.82) is 0 Å². The minimum absolute atomic E-state index is 0.0879. The predicted octanol–water partition coefficient (Wildman–Crippen LogP) is 2.97. The first-order valence-electron chi connectivity index (χ1n) is 5.47. The van der Waals surface area contributed by atoms with Crippen LogP contribution < -0.4 is 5.32 Å². The van der Waals surface area contributed by atoms with Gasteiger partial charge in [-0.05, 0) is 25.3 Å². The van der Waals surface area contributed by atoms with E-state index in [-0.39, 0.29) is 11.9 Å². The number of rotatable bonds is 5. The van der Waals surface area contributed by atoms with Gasteiger partial charge in [0.25, 0.3) is 5.91 Å². The summed E-state index contributed by atoms with van der Waals surface area (Å²) in [6.07, 6.45) is 2.30. The second-order valence-corrected chi connectivity index (χ2v) is 4.57. The fraction of sp³-hybridized carbons (Fsp3) is 0.583. The van der Waals surface area contributed by atoms with Crippen LogP contribution in [0.5, 0.6) is 0 Å². The van der Waals surface area contributed by atoms with E-state index in [0.29, 0.717) is 23.1 Å². The third-order valence-electron chi connectivity index (χ3n) is 2.64. The third kappa shape index (κ3) is 3.27. The number of amides is 1. The molecule has 3 nitrogen and oxygen atoms in total. The molecule has 0 aliphatic heterocycles. The lowest BCUT2D eigenvalue weighted by atomic mass is 10.0. The summed E-state index contributed by atoms with van der Waals surface area (Å²) in [6, 6.07) is 1.79. The van der Waals surface area contributed by atoms with E-state index in [9.17, 15) is 4.79 Å². The van der Waals surface area contributed by atoms with Gasteiger partial charge in [0.15, 0.2) is 0 Å². The van der Waals surface area contributed by atoms with E-state index in [1.807, 2.05) is 0 Å². The van der Waals surface area contributed by atoms with Crippen LogP contribution in [0.4, 0.5) is 0 Å². The molecule has 1 aromatic rings. The Kier molecular flexibility index (Phi) is 4.87. The van der Waals surface area contributed by atoms with Crippen LogP contribution in [0.3, 0.4) is 0 Å². The molecule has 0 radical (unpaired) electrons. The van der Waals surface area contributed by atoms with Gasteiger partial charge in [0.2, 0.25) is 0 Å². The highest BCUT2D eigenvalue weighted by Crippen LogP contribution is 2.12. The Bertz CT molecular complexity index is 347. The number of aryl methyl sites for hydroxylation is 1. The summed E-state index contributed by atoms with van der Waals surface area (Å²) in [4.78, 5) is 11.9. The van der Waals surface area contributed by atoms with Gasteiger partial charge in [-0.2, -0.15) is 0 Å². The smallest absolute Gasteiger partial charge is 0.255 e. The standard InChI is InChI=1S/C12H18ClNO2/c1-8(2)11(4-6-13)14-12(15)10-5-7-16-9(10)3/h5,7-8,11H,4,6H2,1-3H3,(H,14,15). The molecule has 1 aromatic heterocycles. The van der Waals surface area contributed by atoms with Crippen molar-refractivity contribution >= 4 is 17.5 Å². The highest BCUT2D eigenvalue weighted by Gasteiger charge is 2.18. The molecule has 0 aromatic carbocycles. The van der Waals surface area contributed by atoms with Gasteiger partial charge in [-0.3, -0.25) is 4.79 Å². The maximum atomic E-state index is 11.9. The zero-order chi connectivity index (χ0) is 12.1. The molecule has 0 fully saturated rings. The van der Waals surface area contributed by atoms with Crippen molar-refractivity contribution in [1.82, 2.24) is 5.32 Å². The minimum Gasteiger partial charge on any atom is -0.469 e. The van der Waals surface area contributed by atoms with Crippen molar-refractivity contribution in [3.05, 3.63) is 23.7 Å². The van der Waals surface area contributed by atoms with E-state index < -0.39 is 0 Å². The van der Waals surface area contributed by atoms with E-state index in [4.69, 9.17) is 16.0 Å². The molecule has 1 N–H and O–H groups in total. The highest BCUT2D eigenvalue weighted by molar-refractivity contribution is 6.17. The monoisotopic (exact) mass is 243 g/mol. The molecule has 1 heterocycles. The van der Waals surface area contributed by atoms with E-state index in [1.165, 1.54) is 6.26 Å². The average molecular weight is 244 g/mol. The lowest BCUT2D eigenvalue weighted by molar-refractivity contribution is 0.0923. The van der Waals surface area contributed by atoms with Crippen molar-refractivity contribution in [2.24, 2.45) is 5.92 Å². The van der Waals surface area contributed by atoms with E-state index in [2.05, 4.69) is 19.2 Å². The Morgan fingerprint density at radius 3 is 2.69 bits per heavy atom. The molecular weight excluding hydrogens is 226 g/mol. The van der Waals surface area contributed by atoms with E-state index in [0.717, 1.165) is 6.42 Å². The van der Waals surface area contributed by atoms with Gasteiger partial charge in [-0.25, -0.2) is 0 Å². The Morgan fingerprint density at radius 1 is 1.56 bits per heavy atom. The zero-order valence-electron chi connectivity index (χ0n) is 9.92. The maximum Gasteiger partial charge on any atom is 0.255 e. The number of carbonyl (C=O) groups excluding carboxylic acids is 1. The number of furan rings is 1. The van der Waals surface area contributed by atoms with Crippen LogP contribution in [0.25, 0.3) is 0 Å². The van der Waals surface area contributed by atoms with Crippen LogP contribution in [0.2, 0.25) is 0 Å². The van der Waals surface area contributed by atoms with Crippen LogP contribution in [-0.2, 0) is 0 Å². The Labute approximate surface area is 101 Å². The molecule has 0 saturated heterocycles. The number of alkyl halides is 1. The first kappa shape index (κ1) is 13.1. The van der Waals surface area contributed by atoms with Crippen LogP contribution >= 0.6 is 11.6 Å². The number of hydrogen-bond acceptors (Lipinski definition) is 2. The quantitative estimate of drug-likeness (QED) is 0.808. The molecule has 0 bridgehead atoms. The molecule has 0 aliphatic rings. The summed E-state index contributed by atoms with van der Waals surface area (Å²) >= 11 is 5.71. The molecule has 1 unspecified atom stereocenters. The van der Waals surface area contributed by atoms with Gasteiger partial charge < -0.3 is 9.73 Å². The normalized spacial score (nSPS) is 12.8. The summed E-state index contributed by atoms with van der Waals surface area (Å²) < 4.78 is 5.10. The van der Waals surface area contributed by atoms with Gasteiger partial charge in [-0.15, -0.1) is 11.6 Å². The molecule has 90 valence electrons. The van der Waals surface area contributed by atoms with Crippen LogP contribution in [0, 0.1) is 12.8 Å². The first-order chi connectivity index (χ1) is 7.56. The summed E-state index contributed by atoms with van der Waals surface area (Å²) in [7, 11) is 0. The van der Waals surface area contributed by atoms with Crippen LogP contribution in [-0.4, -0.2) is 17.8 Å². The number of carbonyl (C=O) groups is 1. The molecule has 0 saturated carbocycles. The van der Waals surface area contributed by atoms with E-state index >= 15 is 0 Å². The van der Waals surface area contributed by atoms with Crippen LogP contribution in [0.1, 0.15) is 36.4 Å². The molecular formula is C12H18ClNO2. The lowest BCUT2D eigenvalue weighted by Gasteiger charge is -2.21. The van der Waals surface area contributed by atoms with Gasteiger partial charge in [0, 0.05) is 11.9 Å². The lowest BCUT2D eigenvalue weighted by Crippen LogP contribution is -2.38. The van der Waals surface area contributed by atoms with Gasteiger partial charge >= 0.3 is 0 Å². The van der Waals surface area contributed by atoms with Gasteiger partial charge in [0.1, 0.15) is 5.76 Å². The fourth-order valence-corrected chi connectivity index (χ4v) is 1.79. The summed E-state index contributed by atoms with van der Waals surface area (Å²) in [6.45, 7) is 5.92. The van der Waals surface area contributed by atoms with Crippen molar-refractivity contribution in [3.63, 3.8) is 0 Å². The fourth-order valence-electron chi connectivity index (χ4n) is 1.56. The largest absolute Gasteiger partial charge is 0.469 e. The van der Waals surface area contributed by atoms with Crippen molar-refractivity contribution < 1.29 is 9.21 Å². The number of halogens is 1.